The number of benzene rings is 2. The third-order valence-electron chi connectivity index (χ3n) is 11.0. The molecule has 3 heterocycles. The highest BCUT2D eigenvalue weighted by atomic mass is 16.4. The standard InChI is InChI=1S/C45H58N8O6/c1-6-30(3)40(49-44(57)58)42(55)50-52(27-34-19-21-35(22-20-34)37-18-11-12-23-46-37)29-39(54)38(26-33-15-9-8-10-16-33)48-43(56)41(31(4)7-2)53-25-24-51(45(53)59)28-36-17-13-14-32(5)47-36/h8-23,30-31,38-41,49,54H,6-7,24-29H2,1-5H3,(H,48,56)(H,50,55)(H,57,58)/t30-,31-,38-,39-,40-,41-/m0/s1. The van der Waals surface area contributed by atoms with Crippen molar-refractivity contribution in [2.24, 2.45) is 11.8 Å². The van der Waals surface area contributed by atoms with E-state index in [0.29, 0.717) is 32.5 Å². The molecule has 0 unspecified atom stereocenters. The van der Waals surface area contributed by atoms with Crippen molar-refractivity contribution >= 4 is 23.9 Å². The van der Waals surface area contributed by atoms with Gasteiger partial charge in [0, 0.05) is 43.6 Å². The maximum absolute atomic E-state index is 14.5. The Kier molecular flexibility index (Phi) is 15.9. The lowest BCUT2D eigenvalue weighted by molar-refractivity contribution is -0.132. The molecule has 1 saturated heterocycles. The van der Waals surface area contributed by atoms with Gasteiger partial charge in [0.15, 0.2) is 0 Å². The van der Waals surface area contributed by atoms with E-state index < -0.39 is 36.2 Å². The number of aliphatic hydroxyl groups is 1. The van der Waals surface area contributed by atoms with Crippen LogP contribution in [-0.4, -0.2) is 103 Å². The van der Waals surface area contributed by atoms with Gasteiger partial charge in [-0.1, -0.05) is 107 Å². The summed E-state index contributed by atoms with van der Waals surface area (Å²) in [7, 11) is 0. The number of aryl methyl sites for hydroxylation is 1. The molecule has 314 valence electrons. The quantitative estimate of drug-likeness (QED) is 0.0731. The van der Waals surface area contributed by atoms with E-state index in [-0.39, 0.29) is 43.3 Å². The van der Waals surface area contributed by atoms with Crippen LogP contribution < -0.4 is 16.1 Å². The van der Waals surface area contributed by atoms with Gasteiger partial charge in [-0.25, -0.2) is 14.6 Å². The zero-order chi connectivity index (χ0) is 42.5. The van der Waals surface area contributed by atoms with Gasteiger partial charge in [-0.05, 0) is 60.6 Å². The number of pyridine rings is 2. The molecule has 1 aliphatic heterocycles. The van der Waals surface area contributed by atoms with Crippen LogP contribution in [0.4, 0.5) is 9.59 Å². The summed E-state index contributed by atoms with van der Waals surface area (Å²) in [5.41, 5.74) is 7.89. The number of hydrogen-bond acceptors (Lipinski definition) is 8. The first-order chi connectivity index (χ1) is 28.4. The highest BCUT2D eigenvalue weighted by Crippen LogP contribution is 2.24. The van der Waals surface area contributed by atoms with Crippen molar-refractivity contribution in [2.45, 2.75) is 91.2 Å². The molecule has 0 saturated carbocycles. The van der Waals surface area contributed by atoms with E-state index in [2.05, 4.69) is 26.0 Å². The summed E-state index contributed by atoms with van der Waals surface area (Å²) in [6, 6.07) is 25.6. The number of carbonyl (C=O) groups is 4. The van der Waals surface area contributed by atoms with Gasteiger partial charge in [-0.15, -0.1) is 0 Å². The molecule has 1 fully saturated rings. The minimum absolute atomic E-state index is 0.125. The van der Waals surface area contributed by atoms with Gasteiger partial charge in [-0.2, -0.15) is 0 Å². The average molecular weight is 807 g/mol. The molecule has 0 spiro atoms. The maximum atomic E-state index is 14.5. The molecule has 14 nitrogen and oxygen atoms in total. The second-order valence-corrected chi connectivity index (χ2v) is 15.5. The molecule has 1 aliphatic rings. The fourth-order valence-electron chi connectivity index (χ4n) is 7.34. The molecule has 5 N–H and O–H groups in total. The Morgan fingerprint density at radius 2 is 1.54 bits per heavy atom. The van der Waals surface area contributed by atoms with Crippen LogP contribution in [0.25, 0.3) is 11.3 Å². The van der Waals surface area contributed by atoms with Crippen LogP contribution in [0.3, 0.4) is 0 Å². The highest BCUT2D eigenvalue weighted by molar-refractivity contribution is 5.88. The Labute approximate surface area is 347 Å². The van der Waals surface area contributed by atoms with Crippen molar-refractivity contribution in [3.05, 3.63) is 120 Å². The first kappa shape index (κ1) is 44.2. The zero-order valence-electron chi connectivity index (χ0n) is 34.6. The third-order valence-corrected chi connectivity index (χ3v) is 11.0. The van der Waals surface area contributed by atoms with Crippen molar-refractivity contribution < 1.29 is 29.4 Å². The number of rotatable bonds is 20. The van der Waals surface area contributed by atoms with E-state index >= 15 is 0 Å². The van der Waals surface area contributed by atoms with Crippen LogP contribution in [-0.2, 0) is 29.1 Å². The van der Waals surface area contributed by atoms with Crippen molar-refractivity contribution in [3.8, 4) is 11.3 Å². The molecular formula is C45H58N8O6. The van der Waals surface area contributed by atoms with Crippen molar-refractivity contribution in [2.75, 3.05) is 19.6 Å². The number of nitrogens with one attached hydrogen (secondary N) is 3. The van der Waals surface area contributed by atoms with Gasteiger partial charge < -0.3 is 30.6 Å². The van der Waals surface area contributed by atoms with E-state index in [0.717, 1.165) is 33.8 Å². The molecule has 14 heteroatoms. The number of urea groups is 1. The first-order valence-electron chi connectivity index (χ1n) is 20.4. The van der Waals surface area contributed by atoms with Crippen LogP contribution in [0, 0.1) is 18.8 Å². The summed E-state index contributed by atoms with van der Waals surface area (Å²) < 4.78 is 0. The van der Waals surface area contributed by atoms with E-state index in [1.165, 1.54) is 0 Å². The molecule has 59 heavy (non-hydrogen) atoms. The minimum atomic E-state index is -1.32. The number of amides is 5. The number of aromatic nitrogens is 2. The second-order valence-electron chi connectivity index (χ2n) is 15.5. The predicted molar refractivity (Wildman–Crippen MR) is 225 cm³/mol. The number of hydrazine groups is 1. The Morgan fingerprint density at radius 1 is 0.831 bits per heavy atom. The van der Waals surface area contributed by atoms with Crippen LogP contribution in [0.15, 0.2) is 97.2 Å². The molecule has 4 aromatic rings. The third kappa shape index (κ3) is 12.3. The molecule has 0 aliphatic carbocycles. The van der Waals surface area contributed by atoms with Gasteiger partial charge >= 0.3 is 12.1 Å². The van der Waals surface area contributed by atoms with Crippen molar-refractivity contribution in [1.29, 1.82) is 0 Å². The monoisotopic (exact) mass is 806 g/mol. The molecule has 0 radical (unpaired) electrons. The topological polar surface area (TPSA) is 180 Å². The summed E-state index contributed by atoms with van der Waals surface area (Å²) in [6.07, 6.45) is 0.606. The number of carbonyl (C=O) groups excluding carboxylic acids is 3. The lowest BCUT2D eigenvalue weighted by Gasteiger charge is -2.35. The average Bonchev–Trinajstić information content (AvgIpc) is 3.58. The van der Waals surface area contributed by atoms with Crippen LogP contribution >= 0.6 is 0 Å². The smallest absolute Gasteiger partial charge is 0.405 e. The summed E-state index contributed by atoms with van der Waals surface area (Å²) in [4.78, 5) is 66.2. The molecule has 5 rings (SSSR count). The zero-order valence-corrected chi connectivity index (χ0v) is 34.6. The second kappa shape index (κ2) is 21.2. The van der Waals surface area contributed by atoms with E-state index in [9.17, 15) is 29.4 Å². The Morgan fingerprint density at radius 3 is 2.19 bits per heavy atom. The number of nitrogens with zero attached hydrogens (tertiary/aromatic N) is 5. The van der Waals surface area contributed by atoms with E-state index in [1.54, 1.807) is 27.9 Å². The van der Waals surface area contributed by atoms with Crippen LogP contribution in [0.1, 0.15) is 63.1 Å². The fraction of sp³-hybridized carbons (Fsp3) is 0.422. The van der Waals surface area contributed by atoms with Crippen molar-refractivity contribution in [1.82, 2.24) is 40.8 Å². The fourth-order valence-corrected chi connectivity index (χ4v) is 7.34. The van der Waals surface area contributed by atoms with Crippen molar-refractivity contribution in [3.63, 3.8) is 0 Å². The molecule has 2 aromatic heterocycles. The summed E-state index contributed by atoms with van der Waals surface area (Å²) in [5, 5.41) is 28.7. The number of carboxylic acid groups (broad SMARTS) is 1. The number of aliphatic hydroxyl groups excluding tert-OH is 1. The van der Waals surface area contributed by atoms with E-state index in [1.807, 2.05) is 119 Å². The summed E-state index contributed by atoms with van der Waals surface area (Å²) in [6.45, 7) is 10.6. The summed E-state index contributed by atoms with van der Waals surface area (Å²) in [5.74, 6) is -1.48. The van der Waals surface area contributed by atoms with Gasteiger partial charge in [0.1, 0.15) is 12.1 Å². The number of hydrogen-bond donors (Lipinski definition) is 5. The first-order valence-corrected chi connectivity index (χ1v) is 20.4. The van der Waals surface area contributed by atoms with E-state index in [4.69, 9.17) is 0 Å². The lowest BCUT2D eigenvalue weighted by atomic mass is 9.95. The molecule has 6 atom stereocenters. The molecular weight excluding hydrogens is 749 g/mol. The van der Waals surface area contributed by atoms with Gasteiger partial charge in [0.2, 0.25) is 5.91 Å². The maximum Gasteiger partial charge on any atom is 0.405 e. The normalized spacial score (nSPS) is 15.9. The Balaban J connectivity index is 1.40. The van der Waals surface area contributed by atoms with Crippen LogP contribution in [0.5, 0.6) is 0 Å². The summed E-state index contributed by atoms with van der Waals surface area (Å²) >= 11 is 0. The van der Waals surface area contributed by atoms with Gasteiger partial charge in [0.05, 0.1) is 30.1 Å². The predicted octanol–water partition coefficient (Wildman–Crippen LogP) is 5.41. The highest BCUT2D eigenvalue weighted by Gasteiger charge is 2.41. The lowest BCUT2D eigenvalue weighted by Crippen LogP contribution is -2.59. The van der Waals surface area contributed by atoms with Gasteiger partial charge in [-0.3, -0.25) is 25.0 Å². The molecule has 0 bridgehead atoms. The minimum Gasteiger partial charge on any atom is -0.465 e. The molecule has 2 aromatic carbocycles. The Bertz CT molecular complexity index is 1990. The Hall–Kier alpha value is -5.86. The van der Waals surface area contributed by atoms with Gasteiger partial charge in [0.25, 0.3) is 5.91 Å². The SMILES string of the molecule is CC[C@H](C)[C@H](NC(=O)O)C(=O)NN(Cc1ccc(-c2ccccn2)cc1)C[C@H](O)[C@H](Cc1ccccc1)NC(=O)[C@H]([C@@H](C)CC)N1CCN(Cc2cccc(C)n2)C1=O. The van der Waals surface area contributed by atoms with Crippen LogP contribution in [0.2, 0.25) is 0 Å². The largest absolute Gasteiger partial charge is 0.465 e. The molecule has 5 amide bonds.